The largest absolute Gasteiger partial charge is 0.389 e. The van der Waals surface area contributed by atoms with Crippen molar-refractivity contribution in [1.29, 1.82) is 0 Å². The predicted molar refractivity (Wildman–Crippen MR) is 155 cm³/mol. The van der Waals surface area contributed by atoms with E-state index in [-0.39, 0.29) is 5.91 Å². The van der Waals surface area contributed by atoms with Gasteiger partial charge in [0.05, 0.1) is 17.3 Å². The summed E-state index contributed by atoms with van der Waals surface area (Å²) >= 11 is 0. The number of benzene rings is 4. The molecule has 0 aromatic heterocycles. The third kappa shape index (κ3) is 5.25. The van der Waals surface area contributed by atoms with Crippen molar-refractivity contribution < 1.29 is 14.5 Å². The Morgan fingerprint density at radius 1 is 0.684 bits per heavy atom. The van der Waals surface area contributed by atoms with E-state index in [9.17, 15) is 9.90 Å². The van der Waals surface area contributed by atoms with Gasteiger partial charge in [-0.25, -0.2) is 0 Å². The molecule has 38 heavy (non-hydrogen) atoms. The zero-order chi connectivity index (χ0) is 26.4. The lowest BCUT2D eigenvalue weighted by Gasteiger charge is -2.47. The van der Waals surface area contributed by atoms with E-state index in [0.29, 0.717) is 29.0 Å². The molecule has 2 N–H and O–H groups in total. The highest BCUT2D eigenvalue weighted by molar-refractivity contribution is 7.79. The Labute approximate surface area is 225 Å². The average molecular weight is 524 g/mol. The summed E-state index contributed by atoms with van der Waals surface area (Å²) in [5, 5.41) is 17.1. The first-order valence-corrected chi connectivity index (χ1v) is 15.1. The van der Waals surface area contributed by atoms with E-state index in [2.05, 4.69) is 5.32 Å². The SMILES string of the molecule is O=C(N[C@@H](c1ccccc1)[C@H](C1(O)CCCCC1)P(=O)(c1ccccc1)c1ccccc1)c1ccccc1. The molecular weight excluding hydrogens is 489 g/mol. The lowest BCUT2D eigenvalue weighted by atomic mass is 9.78. The Bertz CT molecular complexity index is 1330. The molecule has 0 saturated heterocycles. The quantitative estimate of drug-likeness (QED) is 0.269. The van der Waals surface area contributed by atoms with Crippen molar-refractivity contribution in [2.75, 3.05) is 0 Å². The van der Waals surface area contributed by atoms with Crippen LogP contribution in [-0.4, -0.2) is 22.3 Å². The number of nitrogens with one attached hydrogen (secondary N) is 1. The fourth-order valence-corrected chi connectivity index (χ4v) is 9.68. The van der Waals surface area contributed by atoms with Gasteiger partial charge < -0.3 is 15.0 Å². The van der Waals surface area contributed by atoms with E-state index in [1.54, 1.807) is 12.1 Å². The number of carbonyl (C=O) groups excluding carboxylic acids is 1. The summed E-state index contributed by atoms with van der Waals surface area (Å²) in [7, 11) is -3.50. The van der Waals surface area contributed by atoms with Gasteiger partial charge in [-0.3, -0.25) is 4.79 Å². The van der Waals surface area contributed by atoms with Crippen LogP contribution < -0.4 is 15.9 Å². The molecule has 0 bridgehead atoms. The molecule has 1 saturated carbocycles. The molecule has 1 aliphatic carbocycles. The number of rotatable bonds is 8. The molecular formula is C33H34NO3P. The van der Waals surface area contributed by atoms with Crippen LogP contribution in [0.2, 0.25) is 0 Å². The normalized spacial score (nSPS) is 16.8. The van der Waals surface area contributed by atoms with Gasteiger partial charge in [-0.05, 0) is 30.5 Å². The fraction of sp³-hybridized carbons (Fsp3) is 0.242. The fourth-order valence-electron chi connectivity index (χ4n) is 5.91. The first kappa shape index (κ1) is 26.2. The minimum atomic E-state index is -3.50. The van der Waals surface area contributed by atoms with Gasteiger partial charge in [0, 0.05) is 16.2 Å². The van der Waals surface area contributed by atoms with Gasteiger partial charge in [-0.2, -0.15) is 0 Å². The van der Waals surface area contributed by atoms with Crippen molar-refractivity contribution >= 4 is 23.7 Å². The number of carbonyl (C=O) groups is 1. The van der Waals surface area contributed by atoms with E-state index in [1.165, 1.54) is 0 Å². The Hall–Kier alpha value is -3.46. The second-order valence-corrected chi connectivity index (χ2v) is 13.1. The van der Waals surface area contributed by atoms with Crippen LogP contribution in [0.3, 0.4) is 0 Å². The van der Waals surface area contributed by atoms with Crippen molar-refractivity contribution in [3.05, 3.63) is 132 Å². The summed E-state index contributed by atoms with van der Waals surface area (Å²) in [6.07, 6.45) is 3.80. The molecule has 1 aliphatic rings. The van der Waals surface area contributed by atoms with Crippen molar-refractivity contribution in [1.82, 2.24) is 5.32 Å². The molecule has 1 amide bonds. The van der Waals surface area contributed by atoms with Gasteiger partial charge in [0.2, 0.25) is 0 Å². The zero-order valence-corrected chi connectivity index (χ0v) is 22.3. The summed E-state index contributed by atoms with van der Waals surface area (Å²) < 4.78 is 15.8. The maximum atomic E-state index is 15.8. The molecule has 5 rings (SSSR count). The van der Waals surface area contributed by atoms with Gasteiger partial charge >= 0.3 is 0 Å². The molecule has 0 aliphatic heterocycles. The molecule has 0 radical (unpaired) electrons. The molecule has 4 aromatic carbocycles. The van der Waals surface area contributed by atoms with Crippen LogP contribution in [0.1, 0.15) is 54.1 Å². The summed E-state index contributed by atoms with van der Waals surface area (Å²) in [5.74, 6) is -0.253. The molecule has 4 aromatic rings. The van der Waals surface area contributed by atoms with E-state index >= 15 is 4.57 Å². The minimum absolute atomic E-state index is 0.253. The predicted octanol–water partition coefficient (Wildman–Crippen LogP) is 6.24. The highest BCUT2D eigenvalue weighted by Gasteiger charge is 2.54. The molecule has 2 atom stereocenters. The van der Waals surface area contributed by atoms with E-state index in [4.69, 9.17) is 0 Å². The number of amides is 1. The summed E-state index contributed by atoms with van der Waals surface area (Å²) in [6.45, 7) is 0. The van der Waals surface area contributed by atoms with Gasteiger partial charge in [0.15, 0.2) is 7.14 Å². The molecule has 4 nitrogen and oxygen atoms in total. The zero-order valence-electron chi connectivity index (χ0n) is 21.4. The number of hydrogen-bond acceptors (Lipinski definition) is 3. The molecule has 0 spiro atoms. The van der Waals surface area contributed by atoms with Crippen molar-refractivity contribution in [3.8, 4) is 0 Å². The summed E-state index contributed by atoms with van der Waals surface area (Å²) in [5.41, 5.74) is -0.649. The lowest BCUT2D eigenvalue weighted by molar-refractivity contribution is -0.00834. The smallest absolute Gasteiger partial charge is 0.251 e. The minimum Gasteiger partial charge on any atom is -0.389 e. The van der Waals surface area contributed by atoms with Gasteiger partial charge in [0.1, 0.15) is 0 Å². The standard InChI is InChI=1S/C33H34NO3P/c35-32(27-18-8-2-9-19-27)34-30(26-16-6-1-7-17-26)31(33(36)24-14-5-15-25-33)38(37,28-20-10-3-11-21-28)29-22-12-4-13-23-29/h1-4,6-13,16-23,30-31,36H,5,14-15,24-25H2,(H,34,35)/t30-,31+/m0/s1. The number of hydrogen-bond donors (Lipinski definition) is 2. The second-order valence-electron chi connectivity index (χ2n) is 10.2. The maximum absolute atomic E-state index is 15.8. The Kier molecular flexibility index (Phi) is 7.93. The maximum Gasteiger partial charge on any atom is 0.251 e. The molecule has 0 unspecified atom stereocenters. The van der Waals surface area contributed by atoms with Crippen LogP contribution in [0.15, 0.2) is 121 Å². The second kappa shape index (κ2) is 11.5. The molecule has 194 valence electrons. The Balaban J connectivity index is 1.75. The first-order chi connectivity index (χ1) is 18.5. The van der Waals surface area contributed by atoms with Crippen LogP contribution in [0.5, 0.6) is 0 Å². The van der Waals surface area contributed by atoms with Crippen LogP contribution in [0.4, 0.5) is 0 Å². The third-order valence-corrected chi connectivity index (χ3v) is 11.4. The monoisotopic (exact) mass is 523 g/mol. The Morgan fingerprint density at radius 2 is 1.13 bits per heavy atom. The summed E-state index contributed by atoms with van der Waals surface area (Å²) in [4.78, 5) is 13.6. The van der Waals surface area contributed by atoms with Gasteiger partial charge in [-0.1, -0.05) is 128 Å². The topological polar surface area (TPSA) is 66.4 Å². The van der Waals surface area contributed by atoms with Crippen molar-refractivity contribution in [2.45, 2.75) is 49.4 Å². The number of aliphatic hydroxyl groups is 1. The molecule has 0 heterocycles. The first-order valence-electron chi connectivity index (χ1n) is 13.4. The van der Waals surface area contributed by atoms with E-state index in [0.717, 1.165) is 24.8 Å². The van der Waals surface area contributed by atoms with Gasteiger partial charge in [-0.15, -0.1) is 0 Å². The van der Waals surface area contributed by atoms with Crippen molar-refractivity contribution in [3.63, 3.8) is 0 Å². The Morgan fingerprint density at radius 3 is 1.63 bits per heavy atom. The van der Waals surface area contributed by atoms with Gasteiger partial charge in [0.25, 0.3) is 5.91 Å². The lowest BCUT2D eigenvalue weighted by Crippen LogP contribution is -2.54. The van der Waals surface area contributed by atoms with E-state index in [1.807, 2.05) is 109 Å². The summed E-state index contributed by atoms with van der Waals surface area (Å²) in [6, 6.07) is 37.1. The average Bonchev–Trinajstić information content (AvgIpc) is 2.98. The van der Waals surface area contributed by atoms with Crippen LogP contribution >= 0.6 is 7.14 Å². The highest BCUT2D eigenvalue weighted by Crippen LogP contribution is 2.59. The van der Waals surface area contributed by atoms with Crippen molar-refractivity contribution in [2.24, 2.45) is 0 Å². The van der Waals surface area contributed by atoms with E-state index < -0.39 is 24.4 Å². The van der Waals surface area contributed by atoms with Crippen LogP contribution in [0, 0.1) is 0 Å². The molecule has 1 fully saturated rings. The highest BCUT2D eigenvalue weighted by atomic mass is 31.2. The third-order valence-electron chi connectivity index (χ3n) is 7.74. The van der Waals surface area contributed by atoms with Crippen LogP contribution in [-0.2, 0) is 4.57 Å². The molecule has 5 heteroatoms. The van der Waals surface area contributed by atoms with Crippen LogP contribution in [0.25, 0.3) is 0 Å².